The first-order valence-electron chi connectivity index (χ1n) is 8.08. The van der Waals surface area contributed by atoms with Crippen molar-refractivity contribution in [1.82, 2.24) is 9.97 Å². The molecule has 7 heteroatoms. The lowest BCUT2D eigenvalue weighted by Gasteiger charge is -2.16. The molecule has 1 heterocycles. The fraction of sp³-hybridized carbons (Fsp3) is 0.333. The maximum Gasteiger partial charge on any atom is 0.237 e. The van der Waals surface area contributed by atoms with Gasteiger partial charge >= 0.3 is 0 Å². The highest BCUT2D eigenvalue weighted by Crippen LogP contribution is 2.30. The van der Waals surface area contributed by atoms with Gasteiger partial charge in [0.2, 0.25) is 16.0 Å². The van der Waals surface area contributed by atoms with Gasteiger partial charge in [0.25, 0.3) is 0 Å². The van der Waals surface area contributed by atoms with E-state index in [0.29, 0.717) is 11.3 Å². The molecule has 1 aromatic carbocycles. The van der Waals surface area contributed by atoms with Crippen LogP contribution in [0, 0.1) is 5.82 Å². The van der Waals surface area contributed by atoms with E-state index in [1.807, 2.05) is 32.9 Å². The Bertz CT molecular complexity index is 876. The maximum absolute atomic E-state index is 13.3. The first-order chi connectivity index (χ1) is 11.8. The van der Waals surface area contributed by atoms with E-state index in [1.165, 1.54) is 12.1 Å². The highest BCUT2D eigenvalue weighted by Gasteiger charge is 2.18. The van der Waals surface area contributed by atoms with Crippen LogP contribution in [0.25, 0.3) is 17.3 Å². The summed E-state index contributed by atoms with van der Waals surface area (Å²) in [5, 5.41) is 0. The SMILES string of the molecule is CC=Cc1c(-c2ccc(F)cc2)nc(NS(=O)(=O)CC)nc1C(C)C. The van der Waals surface area contributed by atoms with Crippen molar-refractivity contribution >= 4 is 22.0 Å². The highest BCUT2D eigenvalue weighted by atomic mass is 32.2. The summed E-state index contributed by atoms with van der Waals surface area (Å²) in [6, 6.07) is 5.93. The molecule has 134 valence electrons. The molecule has 2 aromatic rings. The number of rotatable bonds is 6. The molecule has 0 radical (unpaired) electrons. The van der Waals surface area contributed by atoms with Crippen LogP contribution in [0.1, 0.15) is 44.9 Å². The maximum atomic E-state index is 13.3. The Labute approximate surface area is 148 Å². The smallest absolute Gasteiger partial charge is 0.237 e. The zero-order chi connectivity index (χ0) is 18.6. The molecule has 0 bridgehead atoms. The summed E-state index contributed by atoms with van der Waals surface area (Å²) in [6.45, 7) is 7.37. The van der Waals surface area contributed by atoms with Gasteiger partial charge in [0.1, 0.15) is 5.82 Å². The van der Waals surface area contributed by atoms with Gasteiger partial charge in [-0.15, -0.1) is 0 Å². The van der Waals surface area contributed by atoms with E-state index < -0.39 is 10.0 Å². The van der Waals surface area contributed by atoms with Crippen LogP contribution >= 0.6 is 0 Å². The molecule has 1 N–H and O–H groups in total. The quantitative estimate of drug-likeness (QED) is 0.835. The number of halogens is 1. The molecule has 1 aromatic heterocycles. The van der Waals surface area contributed by atoms with E-state index in [4.69, 9.17) is 0 Å². The number of nitrogens with zero attached hydrogens (tertiary/aromatic N) is 2. The summed E-state index contributed by atoms with van der Waals surface area (Å²) in [5.74, 6) is -0.339. The first-order valence-corrected chi connectivity index (χ1v) is 9.73. The monoisotopic (exact) mass is 363 g/mol. The minimum Gasteiger partial charge on any atom is -0.251 e. The molecule has 25 heavy (non-hydrogen) atoms. The van der Waals surface area contributed by atoms with Crippen molar-refractivity contribution < 1.29 is 12.8 Å². The molecule has 0 fully saturated rings. The van der Waals surface area contributed by atoms with Gasteiger partial charge in [0.15, 0.2) is 0 Å². The number of aromatic nitrogens is 2. The molecule has 0 spiro atoms. The summed E-state index contributed by atoms with van der Waals surface area (Å²) in [6.07, 6.45) is 3.75. The molecule has 0 aliphatic carbocycles. The fourth-order valence-corrected chi connectivity index (χ4v) is 2.86. The third-order valence-corrected chi connectivity index (χ3v) is 4.85. The third kappa shape index (κ3) is 4.63. The van der Waals surface area contributed by atoms with Crippen LogP contribution in [0.5, 0.6) is 0 Å². The molecule has 0 aliphatic rings. The van der Waals surface area contributed by atoms with E-state index in [-0.39, 0.29) is 23.4 Å². The van der Waals surface area contributed by atoms with E-state index >= 15 is 0 Å². The van der Waals surface area contributed by atoms with E-state index in [0.717, 1.165) is 11.3 Å². The van der Waals surface area contributed by atoms with Gasteiger partial charge < -0.3 is 0 Å². The predicted octanol–water partition coefficient (Wildman–Crippen LogP) is 4.20. The summed E-state index contributed by atoms with van der Waals surface area (Å²) < 4.78 is 39.5. The van der Waals surface area contributed by atoms with Crippen LogP contribution in [-0.4, -0.2) is 24.1 Å². The minimum atomic E-state index is -3.50. The largest absolute Gasteiger partial charge is 0.251 e. The van der Waals surface area contributed by atoms with Crippen molar-refractivity contribution in [3.63, 3.8) is 0 Å². The molecule has 0 atom stereocenters. The number of sulfonamides is 1. The van der Waals surface area contributed by atoms with Gasteiger partial charge in [-0.25, -0.2) is 22.8 Å². The number of benzene rings is 1. The molecule has 2 rings (SSSR count). The Morgan fingerprint density at radius 3 is 2.36 bits per heavy atom. The number of hydrogen-bond donors (Lipinski definition) is 1. The van der Waals surface area contributed by atoms with Crippen molar-refractivity contribution in [2.75, 3.05) is 10.5 Å². The molecule has 5 nitrogen and oxygen atoms in total. The second-order valence-corrected chi connectivity index (χ2v) is 7.87. The molecule has 0 amide bonds. The van der Waals surface area contributed by atoms with Crippen molar-refractivity contribution in [2.45, 2.75) is 33.6 Å². The first kappa shape index (κ1) is 19.1. The Kier molecular flexibility index (Phi) is 5.89. The second-order valence-electron chi connectivity index (χ2n) is 5.86. The third-order valence-electron chi connectivity index (χ3n) is 3.60. The number of anilines is 1. The fourth-order valence-electron chi connectivity index (χ4n) is 2.34. The van der Waals surface area contributed by atoms with Gasteiger partial charge in [-0.1, -0.05) is 26.0 Å². The van der Waals surface area contributed by atoms with Crippen LogP contribution in [0.4, 0.5) is 10.3 Å². The summed E-state index contributed by atoms with van der Waals surface area (Å²) in [5.41, 5.74) is 2.77. The topological polar surface area (TPSA) is 72.0 Å². The Morgan fingerprint density at radius 1 is 1.20 bits per heavy atom. The number of hydrogen-bond acceptors (Lipinski definition) is 4. The lowest BCUT2D eigenvalue weighted by Crippen LogP contribution is -2.18. The summed E-state index contributed by atoms with van der Waals surface area (Å²) in [4.78, 5) is 8.79. The zero-order valence-electron chi connectivity index (χ0n) is 14.7. The lowest BCUT2D eigenvalue weighted by molar-refractivity contribution is 0.602. The van der Waals surface area contributed by atoms with Crippen molar-refractivity contribution in [1.29, 1.82) is 0 Å². The van der Waals surface area contributed by atoms with Crippen LogP contribution in [-0.2, 0) is 10.0 Å². The van der Waals surface area contributed by atoms with E-state index in [2.05, 4.69) is 14.7 Å². The van der Waals surface area contributed by atoms with Crippen LogP contribution in [0.3, 0.4) is 0 Å². The van der Waals surface area contributed by atoms with Crippen molar-refractivity contribution in [3.05, 3.63) is 47.4 Å². The van der Waals surface area contributed by atoms with Gasteiger partial charge in [-0.05, 0) is 44.0 Å². The van der Waals surface area contributed by atoms with Crippen molar-refractivity contribution in [2.24, 2.45) is 0 Å². The van der Waals surface area contributed by atoms with E-state index in [1.54, 1.807) is 19.1 Å². The van der Waals surface area contributed by atoms with Crippen LogP contribution in [0.15, 0.2) is 30.3 Å². The average molecular weight is 363 g/mol. The van der Waals surface area contributed by atoms with Gasteiger partial charge in [-0.2, -0.15) is 0 Å². The summed E-state index contributed by atoms with van der Waals surface area (Å²) in [7, 11) is -3.50. The number of allylic oxidation sites excluding steroid dienone is 1. The molecule has 0 unspecified atom stereocenters. The lowest BCUT2D eigenvalue weighted by atomic mass is 9.98. The predicted molar refractivity (Wildman–Crippen MR) is 99.3 cm³/mol. The molecule has 0 saturated carbocycles. The van der Waals surface area contributed by atoms with Gasteiger partial charge in [-0.3, -0.25) is 4.72 Å². The Balaban J connectivity index is 2.72. The zero-order valence-corrected chi connectivity index (χ0v) is 15.6. The molecular weight excluding hydrogens is 341 g/mol. The minimum absolute atomic E-state index is 0.0260. The van der Waals surface area contributed by atoms with E-state index in [9.17, 15) is 12.8 Å². The average Bonchev–Trinajstić information content (AvgIpc) is 2.56. The Hall–Kier alpha value is -2.28. The van der Waals surface area contributed by atoms with Crippen LogP contribution in [0.2, 0.25) is 0 Å². The van der Waals surface area contributed by atoms with Gasteiger partial charge in [0, 0.05) is 11.1 Å². The van der Waals surface area contributed by atoms with Crippen molar-refractivity contribution in [3.8, 4) is 11.3 Å². The Morgan fingerprint density at radius 2 is 1.84 bits per heavy atom. The van der Waals surface area contributed by atoms with Crippen LogP contribution < -0.4 is 4.72 Å². The highest BCUT2D eigenvalue weighted by molar-refractivity contribution is 7.92. The molecular formula is C18H22FN3O2S. The second kappa shape index (κ2) is 7.74. The summed E-state index contributed by atoms with van der Waals surface area (Å²) >= 11 is 0. The molecule has 0 saturated heterocycles. The number of nitrogens with one attached hydrogen (secondary N) is 1. The molecule has 0 aliphatic heterocycles. The normalized spacial score (nSPS) is 12.1. The standard InChI is InChI=1S/C18H22FN3O2S/c1-5-7-15-16(12(3)4)20-18(22-25(23,24)6-2)21-17(15)13-8-10-14(19)11-9-13/h5,7-12H,6H2,1-4H3,(H,20,21,22). The van der Waals surface area contributed by atoms with Gasteiger partial charge in [0.05, 0.1) is 17.1 Å².